The molecule has 0 N–H and O–H groups in total. The van der Waals surface area contributed by atoms with Gasteiger partial charge in [0.2, 0.25) is 0 Å². The quantitative estimate of drug-likeness (QED) is 0.289. The van der Waals surface area contributed by atoms with Crippen LogP contribution in [0.2, 0.25) is 0 Å². The molecule has 0 bridgehead atoms. The second-order valence-electron chi connectivity index (χ2n) is 7.49. The van der Waals surface area contributed by atoms with Gasteiger partial charge in [-0.15, -0.1) is 0 Å². The lowest BCUT2D eigenvalue weighted by atomic mass is 9.99. The van der Waals surface area contributed by atoms with Gasteiger partial charge in [0, 0.05) is 21.8 Å². The highest BCUT2D eigenvalue weighted by Gasteiger charge is 2.17. The summed E-state index contributed by atoms with van der Waals surface area (Å²) in [6, 6.07) is 35.1. The number of benzene rings is 5. The summed E-state index contributed by atoms with van der Waals surface area (Å²) < 4.78 is 2.44. The van der Waals surface area contributed by atoms with E-state index >= 15 is 0 Å². The zero-order valence-electron chi connectivity index (χ0n) is 15.7. The molecule has 0 saturated carbocycles. The van der Waals surface area contributed by atoms with Crippen LogP contribution in [0, 0.1) is 6.92 Å². The molecule has 6 rings (SSSR count). The standard InChI is InChI=1S/C27H19N/c1-18-17-25-26(23-14-8-7-12-21(18)23)24-16-15-19-9-5-6-13-22(19)27(24)28(25)20-10-3-2-4-11-20/h2-17H,1H3. The Morgan fingerprint density at radius 1 is 0.571 bits per heavy atom. The first-order valence-corrected chi connectivity index (χ1v) is 9.72. The van der Waals surface area contributed by atoms with Gasteiger partial charge in [0.15, 0.2) is 0 Å². The third-order valence-electron chi connectivity index (χ3n) is 5.88. The van der Waals surface area contributed by atoms with Gasteiger partial charge in [-0.2, -0.15) is 0 Å². The van der Waals surface area contributed by atoms with Crippen molar-refractivity contribution in [1.82, 2.24) is 4.57 Å². The maximum atomic E-state index is 2.44. The first-order chi connectivity index (χ1) is 13.8. The van der Waals surface area contributed by atoms with Gasteiger partial charge in [0.05, 0.1) is 11.0 Å². The van der Waals surface area contributed by atoms with Crippen LogP contribution >= 0.6 is 0 Å². The van der Waals surface area contributed by atoms with E-state index in [9.17, 15) is 0 Å². The normalized spacial score (nSPS) is 11.8. The Kier molecular flexibility index (Phi) is 3.15. The number of fused-ring (bicyclic) bond motifs is 7. The van der Waals surface area contributed by atoms with Crippen LogP contribution in [0.5, 0.6) is 0 Å². The van der Waals surface area contributed by atoms with Crippen LogP contribution in [0.4, 0.5) is 0 Å². The van der Waals surface area contributed by atoms with Crippen molar-refractivity contribution in [1.29, 1.82) is 0 Å². The molecular formula is C27H19N. The van der Waals surface area contributed by atoms with E-state index in [1.807, 2.05) is 0 Å². The van der Waals surface area contributed by atoms with Crippen molar-refractivity contribution in [3.05, 3.63) is 103 Å². The summed E-state index contributed by atoms with van der Waals surface area (Å²) in [6.07, 6.45) is 0. The van der Waals surface area contributed by atoms with Crippen molar-refractivity contribution >= 4 is 43.4 Å². The van der Waals surface area contributed by atoms with Crippen molar-refractivity contribution in [2.45, 2.75) is 6.92 Å². The van der Waals surface area contributed by atoms with Gasteiger partial charge in [-0.3, -0.25) is 0 Å². The van der Waals surface area contributed by atoms with E-state index in [2.05, 4.69) is 109 Å². The Morgan fingerprint density at radius 3 is 2.07 bits per heavy atom. The summed E-state index contributed by atoms with van der Waals surface area (Å²) in [4.78, 5) is 0. The molecule has 0 fully saturated rings. The smallest absolute Gasteiger partial charge is 0.0619 e. The lowest BCUT2D eigenvalue weighted by Gasteiger charge is -2.10. The molecule has 1 heteroatoms. The lowest BCUT2D eigenvalue weighted by Crippen LogP contribution is -1.94. The minimum atomic E-state index is 1.20. The highest BCUT2D eigenvalue weighted by molar-refractivity contribution is 6.26. The Bertz CT molecular complexity index is 1500. The fourth-order valence-corrected chi connectivity index (χ4v) is 4.66. The number of hydrogen-bond donors (Lipinski definition) is 0. The zero-order valence-corrected chi connectivity index (χ0v) is 15.7. The van der Waals surface area contributed by atoms with Gasteiger partial charge >= 0.3 is 0 Å². The molecule has 1 heterocycles. The summed E-state index contributed by atoms with van der Waals surface area (Å²) in [7, 11) is 0. The Balaban J connectivity index is 1.98. The van der Waals surface area contributed by atoms with Crippen LogP contribution < -0.4 is 0 Å². The predicted molar refractivity (Wildman–Crippen MR) is 121 cm³/mol. The molecule has 0 radical (unpaired) electrons. The maximum absolute atomic E-state index is 2.44. The van der Waals surface area contributed by atoms with E-state index in [0.29, 0.717) is 0 Å². The second-order valence-corrected chi connectivity index (χ2v) is 7.49. The van der Waals surface area contributed by atoms with Crippen LogP contribution in [0.15, 0.2) is 97.1 Å². The van der Waals surface area contributed by atoms with Crippen molar-refractivity contribution < 1.29 is 0 Å². The second kappa shape index (κ2) is 5.71. The minimum absolute atomic E-state index is 1.20. The molecule has 132 valence electrons. The van der Waals surface area contributed by atoms with Gasteiger partial charge in [0.1, 0.15) is 0 Å². The third-order valence-corrected chi connectivity index (χ3v) is 5.88. The fraction of sp³-hybridized carbons (Fsp3) is 0.0370. The fourth-order valence-electron chi connectivity index (χ4n) is 4.66. The molecule has 0 atom stereocenters. The molecule has 0 saturated heterocycles. The largest absolute Gasteiger partial charge is 0.309 e. The molecule has 0 spiro atoms. The van der Waals surface area contributed by atoms with Crippen molar-refractivity contribution in [2.75, 3.05) is 0 Å². The van der Waals surface area contributed by atoms with E-state index < -0.39 is 0 Å². The van der Waals surface area contributed by atoms with Crippen molar-refractivity contribution in [2.24, 2.45) is 0 Å². The molecule has 5 aromatic carbocycles. The van der Waals surface area contributed by atoms with Crippen LogP contribution in [-0.2, 0) is 0 Å². The summed E-state index contributed by atoms with van der Waals surface area (Å²) in [5.74, 6) is 0. The van der Waals surface area contributed by atoms with Crippen molar-refractivity contribution in [3.63, 3.8) is 0 Å². The van der Waals surface area contributed by atoms with Crippen LogP contribution in [0.25, 0.3) is 49.0 Å². The van der Waals surface area contributed by atoms with E-state index in [0.717, 1.165) is 0 Å². The van der Waals surface area contributed by atoms with E-state index in [4.69, 9.17) is 0 Å². The summed E-state index contributed by atoms with van der Waals surface area (Å²) in [6.45, 7) is 2.22. The van der Waals surface area contributed by atoms with Gasteiger partial charge in [0.25, 0.3) is 0 Å². The molecular weight excluding hydrogens is 338 g/mol. The maximum Gasteiger partial charge on any atom is 0.0619 e. The average molecular weight is 357 g/mol. The minimum Gasteiger partial charge on any atom is -0.309 e. The molecule has 1 nitrogen and oxygen atoms in total. The zero-order chi connectivity index (χ0) is 18.7. The summed E-state index contributed by atoms with van der Waals surface area (Å²) in [5.41, 5.74) is 5.07. The van der Waals surface area contributed by atoms with Gasteiger partial charge in [-0.1, -0.05) is 78.9 Å². The number of aryl methyl sites for hydroxylation is 1. The van der Waals surface area contributed by atoms with Gasteiger partial charge in [-0.25, -0.2) is 0 Å². The Hall–Kier alpha value is -3.58. The van der Waals surface area contributed by atoms with Crippen LogP contribution in [0.1, 0.15) is 5.56 Å². The van der Waals surface area contributed by atoms with Gasteiger partial charge < -0.3 is 4.57 Å². The molecule has 0 unspecified atom stereocenters. The summed E-state index contributed by atoms with van der Waals surface area (Å²) >= 11 is 0. The summed E-state index contributed by atoms with van der Waals surface area (Å²) in [5, 5.41) is 7.88. The highest BCUT2D eigenvalue weighted by atomic mass is 15.0. The molecule has 0 aliphatic rings. The Labute approximate surface area is 163 Å². The SMILES string of the molecule is Cc1cc2c(c3ccccc13)c1ccc3ccccc3c1n2-c1ccccc1. The molecule has 28 heavy (non-hydrogen) atoms. The third kappa shape index (κ3) is 2.02. The van der Waals surface area contributed by atoms with Gasteiger partial charge in [-0.05, 0) is 46.8 Å². The molecule has 0 aliphatic heterocycles. The average Bonchev–Trinajstić information content (AvgIpc) is 3.09. The lowest BCUT2D eigenvalue weighted by molar-refractivity contribution is 1.18. The Morgan fingerprint density at radius 2 is 1.25 bits per heavy atom. The number of hydrogen-bond acceptors (Lipinski definition) is 0. The van der Waals surface area contributed by atoms with E-state index in [-0.39, 0.29) is 0 Å². The number of nitrogens with zero attached hydrogens (tertiary/aromatic N) is 1. The number of para-hydroxylation sites is 1. The molecule has 0 aliphatic carbocycles. The van der Waals surface area contributed by atoms with Crippen molar-refractivity contribution in [3.8, 4) is 5.69 Å². The first kappa shape index (κ1) is 15.5. The number of aromatic nitrogens is 1. The molecule has 0 amide bonds. The van der Waals surface area contributed by atoms with E-state index in [1.54, 1.807) is 0 Å². The van der Waals surface area contributed by atoms with E-state index in [1.165, 1.54) is 54.6 Å². The number of rotatable bonds is 1. The van der Waals surface area contributed by atoms with Crippen LogP contribution in [0.3, 0.4) is 0 Å². The first-order valence-electron chi connectivity index (χ1n) is 9.72. The predicted octanol–water partition coefficient (Wildman–Crippen LogP) is 7.40. The topological polar surface area (TPSA) is 4.93 Å². The molecule has 6 aromatic rings. The highest BCUT2D eigenvalue weighted by Crippen LogP contribution is 2.40. The molecule has 1 aromatic heterocycles. The van der Waals surface area contributed by atoms with Crippen LogP contribution in [-0.4, -0.2) is 4.57 Å². The monoisotopic (exact) mass is 357 g/mol.